The number of carboxylic acid groups (broad SMARTS) is 1. The molecule has 0 aromatic heterocycles. The maximum Gasteiger partial charge on any atom is 0.322 e. The van der Waals surface area contributed by atoms with Crippen LogP contribution in [-0.2, 0) is 9.59 Å². The number of carbonyl (C=O) groups is 3. The van der Waals surface area contributed by atoms with Crippen LogP contribution in [0.15, 0.2) is 60.3 Å². The fourth-order valence-electron chi connectivity index (χ4n) is 1.93. The quantitative estimate of drug-likeness (QED) is 0.593. The first kappa shape index (κ1) is 17.7. The number of phenols is 1. The Morgan fingerprint density at radius 3 is 2.20 bits per heavy atom. The lowest BCUT2D eigenvalue weighted by atomic mass is 10.1. The minimum Gasteiger partial charge on any atom is -0.508 e. The predicted molar refractivity (Wildman–Crippen MR) is 90.6 cm³/mol. The zero-order chi connectivity index (χ0) is 18.2. The van der Waals surface area contributed by atoms with E-state index in [0.29, 0.717) is 11.1 Å². The molecule has 4 N–H and O–H groups in total. The van der Waals surface area contributed by atoms with Crippen molar-refractivity contribution in [1.29, 1.82) is 0 Å². The second-order valence-electron chi connectivity index (χ2n) is 5.05. The molecule has 0 atom stereocenters. The van der Waals surface area contributed by atoms with Crippen molar-refractivity contribution in [3.05, 3.63) is 71.4 Å². The van der Waals surface area contributed by atoms with Crippen LogP contribution in [0.5, 0.6) is 5.75 Å². The highest BCUT2D eigenvalue weighted by molar-refractivity contribution is 6.05. The first-order valence-electron chi connectivity index (χ1n) is 7.33. The number of amides is 2. The molecule has 0 saturated carbocycles. The standard InChI is InChI=1S/C18H16N2O5/c21-14-8-6-12(7-9-14)10-15(18(25)19-11-16(22)23)20-17(24)13-4-2-1-3-5-13/h1-10,21H,11H2,(H,19,25)(H,20,24)(H,22,23)/b15-10-. The summed E-state index contributed by atoms with van der Waals surface area (Å²) in [6.07, 6.45) is 1.39. The van der Waals surface area contributed by atoms with Crippen LogP contribution >= 0.6 is 0 Å². The van der Waals surface area contributed by atoms with Crippen molar-refractivity contribution < 1.29 is 24.6 Å². The number of phenolic OH excluding ortho intramolecular Hbond substituents is 1. The van der Waals surface area contributed by atoms with Crippen molar-refractivity contribution >= 4 is 23.9 Å². The van der Waals surface area contributed by atoms with Crippen molar-refractivity contribution in [2.24, 2.45) is 0 Å². The fraction of sp³-hybridized carbons (Fsp3) is 0.0556. The number of aliphatic carboxylic acids is 1. The molecular formula is C18H16N2O5. The number of carbonyl (C=O) groups excluding carboxylic acids is 2. The van der Waals surface area contributed by atoms with Gasteiger partial charge in [0.1, 0.15) is 18.0 Å². The summed E-state index contributed by atoms with van der Waals surface area (Å²) in [6, 6.07) is 14.2. The zero-order valence-corrected chi connectivity index (χ0v) is 13.1. The molecule has 0 bridgehead atoms. The van der Waals surface area contributed by atoms with E-state index in [9.17, 15) is 19.5 Å². The van der Waals surface area contributed by atoms with E-state index in [1.54, 1.807) is 42.5 Å². The van der Waals surface area contributed by atoms with E-state index >= 15 is 0 Å². The Hall–Kier alpha value is -3.61. The Morgan fingerprint density at radius 2 is 1.60 bits per heavy atom. The first-order chi connectivity index (χ1) is 12.0. The number of rotatable bonds is 6. The third-order valence-corrected chi connectivity index (χ3v) is 3.13. The third-order valence-electron chi connectivity index (χ3n) is 3.13. The molecule has 2 aromatic rings. The monoisotopic (exact) mass is 340 g/mol. The third kappa shape index (κ3) is 5.51. The lowest BCUT2D eigenvalue weighted by Gasteiger charge is -2.10. The molecule has 0 aliphatic rings. The molecule has 0 saturated heterocycles. The minimum absolute atomic E-state index is 0.0577. The van der Waals surface area contributed by atoms with Crippen LogP contribution in [0, 0.1) is 0 Å². The Balaban J connectivity index is 2.24. The van der Waals surface area contributed by atoms with Gasteiger partial charge in [-0.15, -0.1) is 0 Å². The predicted octanol–water partition coefficient (Wildman–Crippen LogP) is 1.36. The van der Waals surface area contributed by atoms with Gasteiger partial charge in [0.05, 0.1) is 0 Å². The van der Waals surface area contributed by atoms with E-state index in [0.717, 1.165) is 0 Å². The summed E-state index contributed by atoms with van der Waals surface area (Å²) in [4.78, 5) is 35.0. The van der Waals surface area contributed by atoms with Gasteiger partial charge in [0.2, 0.25) is 0 Å². The van der Waals surface area contributed by atoms with Crippen LogP contribution in [-0.4, -0.2) is 34.5 Å². The van der Waals surface area contributed by atoms with Crippen molar-refractivity contribution in [3.8, 4) is 5.75 Å². The first-order valence-corrected chi connectivity index (χ1v) is 7.33. The van der Waals surface area contributed by atoms with Crippen LogP contribution in [0.2, 0.25) is 0 Å². The second-order valence-corrected chi connectivity index (χ2v) is 5.05. The maximum absolute atomic E-state index is 12.3. The van der Waals surface area contributed by atoms with E-state index in [1.165, 1.54) is 18.2 Å². The summed E-state index contributed by atoms with van der Waals surface area (Å²) in [5, 5.41) is 22.7. The van der Waals surface area contributed by atoms with Gasteiger partial charge in [-0.1, -0.05) is 30.3 Å². The molecule has 0 aliphatic heterocycles. The van der Waals surface area contributed by atoms with E-state index in [2.05, 4.69) is 10.6 Å². The Bertz CT molecular complexity index is 798. The molecule has 0 radical (unpaired) electrons. The molecule has 0 spiro atoms. The van der Waals surface area contributed by atoms with E-state index in [1.807, 2.05) is 0 Å². The number of hydrogen-bond donors (Lipinski definition) is 4. The molecule has 0 fully saturated rings. The van der Waals surface area contributed by atoms with Crippen LogP contribution in [0.25, 0.3) is 6.08 Å². The zero-order valence-electron chi connectivity index (χ0n) is 13.1. The maximum atomic E-state index is 12.3. The lowest BCUT2D eigenvalue weighted by molar-refractivity contribution is -0.137. The van der Waals surface area contributed by atoms with Crippen LogP contribution in [0.4, 0.5) is 0 Å². The van der Waals surface area contributed by atoms with Crippen molar-refractivity contribution in [1.82, 2.24) is 10.6 Å². The largest absolute Gasteiger partial charge is 0.508 e. The van der Waals surface area contributed by atoms with E-state index in [4.69, 9.17) is 5.11 Å². The molecule has 7 nitrogen and oxygen atoms in total. The van der Waals surface area contributed by atoms with Gasteiger partial charge >= 0.3 is 5.97 Å². The SMILES string of the molecule is O=C(O)CNC(=O)/C(=C/c1ccc(O)cc1)NC(=O)c1ccccc1. The van der Waals surface area contributed by atoms with E-state index < -0.39 is 24.3 Å². The van der Waals surface area contributed by atoms with Gasteiger partial charge in [-0.05, 0) is 35.9 Å². The van der Waals surface area contributed by atoms with Crippen molar-refractivity contribution in [2.45, 2.75) is 0 Å². The average molecular weight is 340 g/mol. The molecule has 0 aliphatic carbocycles. The smallest absolute Gasteiger partial charge is 0.322 e. The molecule has 2 amide bonds. The summed E-state index contributed by atoms with van der Waals surface area (Å²) in [6.45, 7) is -0.576. The average Bonchev–Trinajstić information content (AvgIpc) is 2.61. The molecule has 0 unspecified atom stereocenters. The molecule has 128 valence electrons. The summed E-state index contributed by atoms with van der Waals surface area (Å²) in [5.41, 5.74) is 0.789. The van der Waals surface area contributed by atoms with Gasteiger partial charge in [0.15, 0.2) is 0 Å². The Kier molecular flexibility index (Phi) is 5.89. The summed E-state index contributed by atoms with van der Waals surface area (Å²) >= 11 is 0. The fourth-order valence-corrected chi connectivity index (χ4v) is 1.93. The highest BCUT2D eigenvalue weighted by Gasteiger charge is 2.15. The highest BCUT2D eigenvalue weighted by Crippen LogP contribution is 2.12. The molecule has 2 rings (SSSR count). The van der Waals surface area contributed by atoms with Gasteiger partial charge in [-0.25, -0.2) is 0 Å². The molecule has 25 heavy (non-hydrogen) atoms. The second kappa shape index (κ2) is 8.30. The van der Waals surface area contributed by atoms with Crippen LogP contribution < -0.4 is 10.6 Å². The number of aromatic hydroxyl groups is 1. The number of hydrogen-bond acceptors (Lipinski definition) is 4. The number of carboxylic acids is 1. The number of benzene rings is 2. The van der Waals surface area contributed by atoms with Crippen LogP contribution in [0.3, 0.4) is 0 Å². The summed E-state index contributed by atoms with van der Waals surface area (Å²) < 4.78 is 0. The highest BCUT2D eigenvalue weighted by atomic mass is 16.4. The van der Waals surface area contributed by atoms with Gasteiger partial charge in [0, 0.05) is 5.56 Å². The minimum atomic E-state index is -1.20. The van der Waals surface area contributed by atoms with Crippen molar-refractivity contribution in [2.75, 3.05) is 6.54 Å². The van der Waals surface area contributed by atoms with Gasteiger partial charge in [0.25, 0.3) is 11.8 Å². The molecule has 7 heteroatoms. The Labute approximate surface area is 143 Å². The van der Waals surface area contributed by atoms with Gasteiger partial charge in [-0.3, -0.25) is 14.4 Å². The Morgan fingerprint density at radius 1 is 0.960 bits per heavy atom. The summed E-state index contributed by atoms with van der Waals surface area (Å²) in [5.74, 6) is -2.38. The topological polar surface area (TPSA) is 116 Å². The molecular weight excluding hydrogens is 324 g/mol. The lowest BCUT2D eigenvalue weighted by Crippen LogP contribution is -2.37. The van der Waals surface area contributed by atoms with Crippen LogP contribution in [0.1, 0.15) is 15.9 Å². The number of nitrogens with one attached hydrogen (secondary N) is 2. The summed E-state index contributed by atoms with van der Waals surface area (Å²) in [7, 11) is 0. The molecule has 0 heterocycles. The van der Waals surface area contributed by atoms with Gasteiger partial charge in [-0.2, -0.15) is 0 Å². The van der Waals surface area contributed by atoms with Gasteiger partial charge < -0.3 is 20.8 Å². The normalized spacial score (nSPS) is 10.8. The molecule has 2 aromatic carbocycles. The van der Waals surface area contributed by atoms with E-state index in [-0.39, 0.29) is 11.4 Å². The van der Waals surface area contributed by atoms with Crippen molar-refractivity contribution in [3.63, 3.8) is 0 Å².